The number of halogens is 1. The fraction of sp³-hybridized carbons (Fsp3) is 0.600. The highest BCUT2D eigenvalue weighted by Gasteiger charge is 2.21. The summed E-state index contributed by atoms with van der Waals surface area (Å²) in [5.74, 6) is 0.673. The molecule has 1 rings (SSSR count). The Morgan fingerprint density at radius 1 is 1.18 bits per heavy atom. The van der Waals surface area contributed by atoms with Crippen LogP contribution in [-0.2, 0) is 0 Å². The Balaban J connectivity index is 3.07. The molecule has 0 saturated carbocycles. The summed E-state index contributed by atoms with van der Waals surface area (Å²) in [5, 5.41) is 4.44. The Kier molecular flexibility index (Phi) is 6.01. The Morgan fingerprint density at radius 2 is 1.82 bits per heavy atom. The van der Waals surface area contributed by atoms with Crippen molar-refractivity contribution in [3.8, 4) is 0 Å². The Labute approximate surface area is 111 Å². The van der Waals surface area contributed by atoms with Gasteiger partial charge < -0.3 is 5.32 Å². The number of nitrogens with one attached hydrogen (secondary N) is 1. The third-order valence-electron chi connectivity index (χ3n) is 3.52. The molecule has 0 bridgehead atoms. The van der Waals surface area contributed by atoms with Gasteiger partial charge in [0.25, 0.3) is 0 Å². The molecule has 1 nitrogen and oxygen atoms in total. The molecule has 0 aliphatic rings. The van der Waals surface area contributed by atoms with Gasteiger partial charge in [-0.25, -0.2) is 0 Å². The van der Waals surface area contributed by atoms with E-state index in [1.54, 1.807) is 0 Å². The summed E-state index contributed by atoms with van der Waals surface area (Å²) in [5.41, 5.74) is 2.68. The van der Waals surface area contributed by atoms with Crippen molar-refractivity contribution in [2.24, 2.45) is 5.92 Å². The fourth-order valence-electron chi connectivity index (χ4n) is 2.46. The molecule has 0 amide bonds. The third-order valence-corrected chi connectivity index (χ3v) is 3.76. The molecule has 0 fully saturated rings. The molecular weight excluding hydrogens is 230 g/mol. The minimum absolute atomic E-state index is 0.425. The van der Waals surface area contributed by atoms with Gasteiger partial charge in [-0.1, -0.05) is 51.3 Å². The largest absolute Gasteiger partial charge is 0.310 e. The molecule has 0 spiro atoms. The van der Waals surface area contributed by atoms with Gasteiger partial charge >= 0.3 is 0 Å². The summed E-state index contributed by atoms with van der Waals surface area (Å²) in [7, 11) is 0. The molecule has 1 unspecified atom stereocenters. The van der Waals surface area contributed by atoms with E-state index in [-0.39, 0.29) is 0 Å². The van der Waals surface area contributed by atoms with Crippen LogP contribution in [0, 0.1) is 12.8 Å². The molecule has 0 heterocycles. The van der Waals surface area contributed by atoms with Crippen molar-refractivity contribution in [1.29, 1.82) is 0 Å². The van der Waals surface area contributed by atoms with Gasteiger partial charge in [-0.3, -0.25) is 0 Å². The average molecular weight is 254 g/mol. The van der Waals surface area contributed by atoms with E-state index in [0.717, 1.165) is 11.6 Å². The van der Waals surface area contributed by atoms with Gasteiger partial charge in [0, 0.05) is 11.1 Å². The van der Waals surface area contributed by atoms with E-state index in [4.69, 9.17) is 11.6 Å². The van der Waals surface area contributed by atoms with Crippen molar-refractivity contribution >= 4 is 11.6 Å². The molecule has 1 aromatic carbocycles. The number of hydrogen-bond donors (Lipinski definition) is 1. The van der Waals surface area contributed by atoms with E-state index >= 15 is 0 Å². The van der Waals surface area contributed by atoms with E-state index in [1.807, 2.05) is 6.07 Å². The van der Waals surface area contributed by atoms with Gasteiger partial charge in [0.1, 0.15) is 0 Å². The smallest absolute Gasteiger partial charge is 0.0409 e. The van der Waals surface area contributed by atoms with E-state index in [9.17, 15) is 0 Å². The quantitative estimate of drug-likeness (QED) is 0.773. The van der Waals surface area contributed by atoms with Gasteiger partial charge in [0.05, 0.1) is 0 Å². The Hall–Kier alpha value is -0.530. The summed E-state index contributed by atoms with van der Waals surface area (Å²) in [4.78, 5) is 0. The number of aryl methyl sites for hydroxylation is 1. The number of hydrogen-bond acceptors (Lipinski definition) is 1. The second-order valence-electron chi connectivity index (χ2n) is 4.61. The number of rotatable bonds is 6. The van der Waals surface area contributed by atoms with Crippen molar-refractivity contribution in [3.05, 3.63) is 34.3 Å². The molecule has 96 valence electrons. The van der Waals surface area contributed by atoms with Crippen LogP contribution >= 0.6 is 11.6 Å². The molecule has 0 radical (unpaired) electrons. The van der Waals surface area contributed by atoms with E-state index in [2.05, 4.69) is 45.1 Å². The molecule has 1 atom stereocenters. The maximum atomic E-state index is 6.12. The first-order chi connectivity index (χ1) is 8.13. The second-order valence-corrected chi connectivity index (χ2v) is 5.05. The second kappa shape index (κ2) is 7.03. The topological polar surface area (TPSA) is 12.0 Å². The summed E-state index contributed by atoms with van der Waals surface area (Å²) in [6, 6.07) is 6.62. The first-order valence-corrected chi connectivity index (χ1v) is 7.01. The predicted molar refractivity (Wildman–Crippen MR) is 76.7 cm³/mol. The van der Waals surface area contributed by atoms with Crippen LogP contribution in [0.25, 0.3) is 0 Å². The van der Waals surface area contributed by atoms with Crippen LogP contribution in [0.5, 0.6) is 0 Å². The van der Waals surface area contributed by atoms with Crippen molar-refractivity contribution in [1.82, 2.24) is 5.32 Å². The SMILES string of the molecule is CCNC(c1cc(Cl)ccc1C)C(CC)CC. The lowest BCUT2D eigenvalue weighted by atomic mass is 9.87. The predicted octanol–water partition coefficient (Wildman–Crippen LogP) is 4.74. The summed E-state index contributed by atoms with van der Waals surface area (Å²) < 4.78 is 0. The minimum atomic E-state index is 0.425. The maximum absolute atomic E-state index is 6.12. The highest BCUT2D eigenvalue weighted by molar-refractivity contribution is 6.30. The normalized spacial score (nSPS) is 13.1. The molecule has 17 heavy (non-hydrogen) atoms. The summed E-state index contributed by atoms with van der Waals surface area (Å²) in [6.07, 6.45) is 2.39. The highest BCUT2D eigenvalue weighted by Crippen LogP contribution is 2.31. The minimum Gasteiger partial charge on any atom is -0.310 e. The maximum Gasteiger partial charge on any atom is 0.0409 e. The van der Waals surface area contributed by atoms with Crippen LogP contribution in [0.1, 0.15) is 50.8 Å². The van der Waals surface area contributed by atoms with Crippen LogP contribution in [0.4, 0.5) is 0 Å². The lowest BCUT2D eigenvalue weighted by Gasteiger charge is -2.28. The van der Waals surface area contributed by atoms with Crippen LogP contribution in [0.15, 0.2) is 18.2 Å². The zero-order valence-corrected chi connectivity index (χ0v) is 12.1. The first-order valence-electron chi connectivity index (χ1n) is 6.63. The Bertz CT molecular complexity index is 345. The third kappa shape index (κ3) is 3.72. The summed E-state index contributed by atoms with van der Waals surface area (Å²) in [6.45, 7) is 9.84. The molecule has 0 aliphatic carbocycles. The lowest BCUT2D eigenvalue weighted by Crippen LogP contribution is -2.28. The average Bonchev–Trinajstić information content (AvgIpc) is 2.33. The van der Waals surface area contributed by atoms with E-state index in [1.165, 1.54) is 24.0 Å². The van der Waals surface area contributed by atoms with Gasteiger partial charge in [-0.2, -0.15) is 0 Å². The molecular formula is C15H24ClN. The van der Waals surface area contributed by atoms with Crippen LogP contribution < -0.4 is 5.32 Å². The Morgan fingerprint density at radius 3 is 2.35 bits per heavy atom. The molecule has 0 aromatic heterocycles. The molecule has 1 aromatic rings. The zero-order chi connectivity index (χ0) is 12.8. The standard InChI is InChI=1S/C15H24ClN/c1-5-12(6-2)15(17-7-3)14-10-13(16)9-8-11(14)4/h8-10,12,15,17H,5-7H2,1-4H3. The van der Waals surface area contributed by atoms with Crippen LogP contribution in [0.2, 0.25) is 5.02 Å². The molecule has 2 heteroatoms. The van der Waals surface area contributed by atoms with Crippen molar-refractivity contribution in [2.75, 3.05) is 6.54 Å². The molecule has 0 aliphatic heterocycles. The molecule has 1 N–H and O–H groups in total. The van der Waals surface area contributed by atoms with Gasteiger partial charge in [0.15, 0.2) is 0 Å². The lowest BCUT2D eigenvalue weighted by molar-refractivity contribution is 0.345. The summed E-state index contributed by atoms with van der Waals surface area (Å²) >= 11 is 6.12. The highest BCUT2D eigenvalue weighted by atomic mass is 35.5. The van der Waals surface area contributed by atoms with Gasteiger partial charge in [-0.15, -0.1) is 0 Å². The van der Waals surface area contributed by atoms with Crippen molar-refractivity contribution in [2.45, 2.75) is 46.6 Å². The van der Waals surface area contributed by atoms with Gasteiger partial charge in [-0.05, 0) is 42.6 Å². The van der Waals surface area contributed by atoms with E-state index < -0.39 is 0 Å². The first kappa shape index (κ1) is 14.5. The van der Waals surface area contributed by atoms with Crippen LogP contribution in [0.3, 0.4) is 0 Å². The van der Waals surface area contributed by atoms with Crippen LogP contribution in [-0.4, -0.2) is 6.54 Å². The zero-order valence-electron chi connectivity index (χ0n) is 11.4. The van der Waals surface area contributed by atoms with Gasteiger partial charge in [0.2, 0.25) is 0 Å². The monoisotopic (exact) mass is 253 g/mol. The number of benzene rings is 1. The molecule has 0 saturated heterocycles. The fourth-order valence-corrected chi connectivity index (χ4v) is 2.64. The van der Waals surface area contributed by atoms with Crippen molar-refractivity contribution < 1.29 is 0 Å². The van der Waals surface area contributed by atoms with E-state index in [0.29, 0.717) is 12.0 Å². The van der Waals surface area contributed by atoms with Crippen molar-refractivity contribution in [3.63, 3.8) is 0 Å².